The predicted octanol–water partition coefficient (Wildman–Crippen LogP) is 4.26. The first kappa shape index (κ1) is 17.4. The SMILES string of the molecule is Cc1cc(Br)ccc1NC(=O)c1ccnc(NCCC(C)C)n1. The second kappa shape index (κ2) is 8.06. The van der Waals surface area contributed by atoms with Crippen LogP contribution in [0.25, 0.3) is 0 Å². The van der Waals surface area contributed by atoms with Crippen LogP contribution in [0.2, 0.25) is 0 Å². The number of carbonyl (C=O) groups excluding carboxylic acids is 1. The Labute approximate surface area is 145 Å². The summed E-state index contributed by atoms with van der Waals surface area (Å²) < 4.78 is 0.978. The molecule has 1 amide bonds. The van der Waals surface area contributed by atoms with Crippen molar-refractivity contribution in [2.24, 2.45) is 5.92 Å². The number of rotatable bonds is 6. The normalized spacial score (nSPS) is 10.7. The van der Waals surface area contributed by atoms with E-state index in [2.05, 4.69) is 50.4 Å². The Hall–Kier alpha value is -1.95. The molecule has 0 aliphatic carbocycles. The van der Waals surface area contributed by atoms with Gasteiger partial charge in [0, 0.05) is 22.9 Å². The Morgan fingerprint density at radius 1 is 1.30 bits per heavy atom. The highest BCUT2D eigenvalue weighted by Crippen LogP contribution is 2.20. The third-order valence-electron chi connectivity index (χ3n) is 3.33. The molecule has 1 heterocycles. The van der Waals surface area contributed by atoms with Gasteiger partial charge >= 0.3 is 0 Å². The molecule has 122 valence electrons. The molecular weight excluding hydrogens is 356 g/mol. The number of hydrogen-bond donors (Lipinski definition) is 2. The molecule has 2 N–H and O–H groups in total. The Bertz CT molecular complexity index is 688. The van der Waals surface area contributed by atoms with Gasteiger partial charge < -0.3 is 10.6 Å². The van der Waals surface area contributed by atoms with Crippen molar-refractivity contribution < 1.29 is 4.79 Å². The molecule has 0 bridgehead atoms. The fourth-order valence-electron chi connectivity index (χ4n) is 2.00. The van der Waals surface area contributed by atoms with Gasteiger partial charge in [0.1, 0.15) is 5.69 Å². The zero-order valence-corrected chi connectivity index (χ0v) is 15.1. The average Bonchev–Trinajstić information content (AvgIpc) is 2.50. The summed E-state index contributed by atoms with van der Waals surface area (Å²) in [5.74, 6) is 0.838. The van der Waals surface area contributed by atoms with Gasteiger partial charge in [-0.2, -0.15) is 0 Å². The van der Waals surface area contributed by atoms with E-state index in [0.717, 1.165) is 28.7 Å². The number of aryl methyl sites for hydroxylation is 1. The molecule has 2 aromatic rings. The van der Waals surface area contributed by atoms with Gasteiger partial charge in [0.15, 0.2) is 0 Å². The average molecular weight is 377 g/mol. The largest absolute Gasteiger partial charge is 0.354 e. The lowest BCUT2D eigenvalue weighted by molar-refractivity contribution is 0.102. The third kappa shape index (κ3) is 5.32. The number of carbonyl (C=O) groups is 1. The summed E-state index contributed by atoms with van der Waals surface area (Å²) in [4.78, 5) is 20.8. The Morgan fingerprint density at radius 2 is 2.09 bits per heavy atom. The van der Waals surface area contributed by atoms with Crippen LogP contribution in [0.15, 0.2) is 34.9 Å². The fourth-order valence-corrected chi connectivity index (χ4v) is 2.47. The predicted molar refractivity (Wildman–Crippen MR) is 96.8 cm³/mol. The molecule has 0 saturated heterocycles. The van der Waals surface area contributed by atoms with Crippen LogP contribution in [0.1, 0.15) is 36.3 Å². The quantitative estimate of drug-likeness (QED) is 0.790. The van der Waals surface area contributed by atoms with Gasteiger partial charge in [-0.05, 0) is 49.1 Å². The highest BCUT2D eigenvalue weighted by molar-refractivity contribution is 9.10. The van der Waals surface area contributed by atoms with Crippen molar-refractivity contribution in [1.29, 1.82) is 0 Å². The van der Waals surface area contributed by atoms with Crippen molar-refractivity contribution >= 4 is 33.5 Å². The zero-order chi connectivity index (χ0) is 16.8. The fraction of sp³-hybridized carbons (Fsp3) is 0.353. The van der Waals surface area contributed by atoms with Crippen LogP contribution in [-0.2, 0) is 0 Å². The van der Waals surface area contributed by atoms with Gasteiger partial charge in [0.2, 0.25) is 5.95 Å². The van der Waals surface area contributed by atoms with E-state index in [0.29, 0.717) is 17.6 Å². The summed E-state index contributed by atoms with van der Waals surface area (Å²) in [5.41, 5.74) is 2.09. The van der Waals surface area contributed by atoms with Crippen molar-refractivity contribution in [3.8, 4) is 0 Å². The number of nitrogens with one attached hydrogen (secondary N) is 2. The van der Waals surface area contributed by atoms with Gasteiger partial charge in [0.25, 0.3) is 5.91 Å². The van der Waals surface area contributed by atoms with Crippen LogP contribution in [-0.4, -0.2) is 22.4 Å². The van der Waals surface area contributed by atoms with Crippen LogP contribution in [0.5, 0.6) is 0 Å². The lowest BCUT2D eigenvalue weighted by Gasteiger charge is -2.10. The summed E-state index contributed by atoms with van der Waals surface area (Å²) in [5, 5.41) is 6.02. The van der Waals surface area contributed by atoms with Gasteiger partial charge in [-0.3, -0.25) is 4.79 Å². The first-order valence-corrected chi connectivity index (χ1v) is 8.39. The van der Waals surface area contributed by atoms with Crippen molar-refractivity contribution in [1.82, 2.24) is 9.97 Å². The Morgan fingerprint density at radius 3 is 2.78 bits per heavy atom. The number of hydrogen-bond acceptors (Lipinski definition) is 4. The lowest BCUT2D eigenvalue weighted by Crippen LogP contribution is -2.16. The van der Waals surface area contributed by atoms with Crippen molar-refractivity contribution in [3.05, 3.63) is 46.2 Å². The lowest BCUT2D eigenvalue weighted by atomic mass is 10.1. The standard InChI is InChI=1S/C17H21BrN4O/c1-11(2)6-8-19-17-20-9-7-15(22-17)16(23)21-14-5-4-13(18)10-12(14)3/h4-5,7,9-11H,6,8H2,1-3H3,(H,21,23)(H,19,20,22). The number of halogens is 1. The summed E-state index contributed by atoms with van der Waals surface area (Å²) in [6.45, 7) is 7.05. The molecule has 0 spiro atoms. The molecule has 2 rings (SSSR count). The molecule has 0 unspecified atom stereocenters. The maximum absolute atomic E-state index is 12.3. The Kier molecular flexibility index (Phi) is 6.10. The smallest absolute Gasteiger partial charge is 0.274 e. The van der Waals surface area contributed by atoms with Gasteiger partial charge in [-0.15, -0.1) is 0 Å². The molecule has 1 aromatic heterocycles. The number of benzene rings is 1. The molecule has 1 aromatic carbocycles. The number of anilines is 2. The maximum Gasteiger partial charge on any atom is 0.274 e. The minimum absolute atomic E-state index is 0.246. The van der Waals surface area contributed by atoms with Crippen molar-refractivity contribution in [3.63, 3.8) is 0 Å². The van der Waals surface area contributed by atoms with Gasteiger partial charge in [-0.1, -0.05) is 29.8 Å². The highest BCUT2D eigenvalue weighted by atomic mass is 79.9. The topological polar surface area (TPSA) is 66.9 Å². The van der Waals surface area contributed by atoms with Crippen LogP contribution >= 0.6 is 15.9 Å². The Balaban J connectivity index is 2.04. The van der Waals surface area contributed by atoms with Crippen LogP contribution < -0.4 is 10.6 Å². The van der Waals surface area contributed by atoms with Gasteiger partial charge in [0.05, 0.1) is 0 Å². The number of amides is 1. The molecule has 0 saturated carbocycles. The molecule has 23 heavy (non-hydrogen) atoms. The second-order valence-corrected chi connectivity index (χ2v) is 6.70. The maximum atomic E-state index is 12.3. The summed E-state index contributed by atoms with van der Waals surface area (Å²) in [6.07, 6.45) is 2.62. The molecule has 0 radical (unpaired) electrons. The molecule has 0 atom stereocenters. The molecule has 0 aliphatic heterocycles. The monoisotopic (exact) mass is 376 g/mol. The van der Waals surface area contributed by atoms with E-state index in [1.54, 1.807) is 12.3 Å². The second-order valence-electron chi connectivity index (χ2n) is 5.79. The molecule has 6 heteroatoms. The van der Waals surface area contributed by atoms with E-state index in [1.807, 2.05) is 25.1 Å². The molecular formula is C17H21BrN4O. The van der Waals surface area contributed by atoms with Gasteiger partial charge in [-0.25, -0.2) is 9.97 Å². The third-order valence-corrected chi connectivity index (χ3v) is 3.82. The van der Waals surface area contributed by atoms with Crippen LogP contribution in [0.4, 0.5) is 11.6 Å². The first-order valence-electron chi connectivity index (χ1n) is 7.60. The van der Waals surface area contributed by atoms with Crippen molar-refractivity contribution in [2.75, 3.05) is 17.2 Å². The van der Waals surface area contributed by atoms with Crippen molar-refractivity contribution in [2.45, 2.75) is 27.2 Å². The van der Waals surface area contributed by atoms with Crippen LogP contribution in [0.3, 0.4) is 0 Å². The van der Waals surface area contributed by atoms with E-state index in [1.165, 1.54) is 0 Å². The summed E-state index contributed by atoms with van der Waals surface area (Å²) in [6, 6.07) is 7.31. The number of aromatic nitrogens is 2. The van der Waals surface area contributed by atoms with E-state index in [4.69, 9.17) is 0 Å². The first-order chi connectivity index (χ1) is 11.0. The van der Waals surface area contributed by atoms with Crippen LogP contribution in [0, 0.1) is 12.8 Å². The molecule has 0 fully saturated rings. The van der Waals surface area contributed by atoms with E-state index in [-0.39, 0.29) is 5.91 Å². The zero-order valence-electron chi connectivity index (χ0n) is 13.6. The summed E-state index contributed by atoms with van der Waals surface area (Å²) in [7, 11) is 0. The van der Waals surface area contributed by atoms with E-state index < -0.39 is 0 Å². The minimum atomic E-state index is -0.246. The summed E-state index contributed by atoms with van der Waals surface area (Å²) >= 11 is 3.41. The highest BCUT2D eigenvalue weighted by Gasteiger charge is 2.10. The molecule has 0 aliphatic rings. The van der Waals surface area contributed by atoms with E-state index in [9.17, 15) is 4.79 Å². The number of nitrogens with zero attached hydrogens (tertiary/aromatic N) is 2. The molecule has 5 nitrogen and oxygen atoms in total. The minimum Gasteiger partial charge on any atom is -0.354 e. The van der Waals surface area contributed by atoms with E-state index >= 15 is 0 Å².